The van der Waals surface area contributed by atoms with E-state index in [0.717, 1.165) is 49.8 Å². The molecule has 5 N–H and O–H groups in total. The van der Waals surface area contributed by atoms with Gasteiger partial charge in [0.2, 0.25) is 0 Å². The lowest BCUT2D eigenvalue weighted by Crippen LogP contribution is -2.27. The molecule has 0 radical (unpaired) electrons. The van der Waals surface area contributed by atoms with Gasteiger partial charge in [-0.05, 0) is 92.4 Å². The van der Waals surface area contributed by atoms with E-state index in [2.05, 4.69) is 14.8 Å². The highest BCUT2D eigenvalue weighted by atomic mass is 32.2. The Kier molecular flexibility index (Phi) is 8.71. The van der Waals surface area contributed by atoms with Crippen molar-refractivity contribution in [3.63, 3.8) is 0 Å². The third-order valence-corrected chi connectivity index (χ3v) is 8.55. The van der Waals surface area contributed by atoms with Crippen LogP contribution in [0.2, 0.25) is 0 Å². The zero-order valence-corrected chi connectivity index (χ0v) is 21.5. The van der Waals surface area contributed by atoms with Gasteiger partial charge in [-0.2, -0.15) is 8.42 Å². The predicted octanol–water partition coefficient (Wildman–Crippen LogP) is 3.74. The van der Waals surface area contributed by atoms with E-state index in [-0.39, 0.29) is 11.8 Å². The van der Waals surface area contributed by atoms with Crippen molar-refractivity contribution in [3.8, 4) is 0 Å². The Morgan fingerprint density at radius 2 is 1.35 bits per heavy atom. The van der Waals surface area contributed by atoms with Crippen LogP contribution in [0.4, 0.5) is 11.4 Å². The van der Waals surface area contributed by atoms with Gasteiger partial charge in [0.1, 0.15) is 0 Å². The maximum absolute atomic E-state index is 12.9. The number of aliphatic carboxylic acids is 2. The minimum absolute atomic E-state index is 0.0428. The molecular weight excluding hydrogens is 494 g/mol. The number of carbonyl (C=O) groups is 2. The molecule has 0 unspecified atom stereocenters. The van der Waals surface area contributed by atoms with E-state index >= 15 is 0 Å². The van der Waals surface area contributed by atoms with Gasteiger partial charge in [0.15, 0.2) is 0 Å². The molecule has 3 atom stereocenters. The molecule has 37 heavy (non-hydrogen) atoms. The second kappa shape index (κ2) is 12.0. The van der Waals surface area contributed by atoms with Gasteiger partial charge in [-0.25, -0.2) is 0 Å². The van der Waals surface area contributed by atoms with Crippen LogP contribution >= 0.6 is 0 Å². The molecule has 9 nitrogen and oxygen atoms in total. The summed E-state index contributed by atoms with van der Waals surface area (Å²) < 4.78 is 30.7. The van der Waals surface area contributed by atoms with Crippen molar-refractivity contribution in [1.29, 1.82) is 0 Å². The van der Waals surface area contributed by atoms with Crippen molar-refractivity contribution in [2.75, 3.05) is 22.5 Å². The molecule has 1 aliphatic carbocycles. The average Bonchev–Trinajstić information content (AvgIpc) is 3.55. The summed E-state index contributed by atoms with van der Waals surface area (Å²) >= 11 is 0. The van der Waals surface area contributed by atoms with Crippen molar-refractivity contribution in [2.45, 2.75) is 44.9 Å². The summed E-state index contributed by atoms with van der Waals surface area (Å²) in [6.45, 7) is 1.47. The van der Waals surface area contributed by atoms with Gasteiger partial charge < -0.3 is 15.5 Å². The van der Waals surface area contributed by atoms with Crippen LogP contribution in [0.15, 0.2) is 48.5 Å². The minimum Gasteiger partial charge on any atom is -0.481 e. The van der Waals surface area contributed by atoms with E-state index in [4.69, 9.17) is 0 Å². The van der Waals surface area contributed by atoms with Crippen molar-refractivity contribution in [1.82, 2.24) is 5.32 Å². The zero-order valence-electron chi connectivity index (χ0n) is 20.7. The van der Waals surface area contributed by atoms with E-state index in [1.54, 1.807) is 42.5 Å². The largest absolute Gasteiger partial charge is 0.481 e. The molecule has 10 heteroatoms. The third-order valence-electron chi connectivity index (χ3n) is 7.54. The van der Waals surface area contributed by atoms with Crippen LogP contribution < -0.4 is 14.8 Å². The van der Waals surface area contributed by atoms with Crippen LogP contribution in [0.1, 0.15) is 43.2 Å². The first-order valence-corrected chi connectivity index (χ1v) is 14.3. The number of nitrogens with one attached hydrogen (secondary N) is 3. The fourth-order valence-electron chi connectivity index (χ4n) is 5.66. The van der Waals surface area contributed by atoms with Crippen molar-refractivity contribution >= 4 is 33.5 Å². The standard InChI is InChI=1S/C27H35N3O6S/c31-26(32)24(20-7-1-2-8-20)15-18-5-3-9-22(13-18)29-37(35,36)30-23-10-4-6-19(14-23)16-25(27(33)34)21-11-12-28-17-21/h3-6,9-10,13-14,20-21,24-25,28-30H,1-2,7-8,11-12,15-17H2,(H,31,32)(H,33,34)/t21-,24-,25-/m0/s1. The van der Waals surface area contributed by atoms with E-state index in [0.29, 0.717) is 30.8 Å². The molecule has 2 fully saturated rings. The minimum atomic E-state index is -3.98. The highest BCUT2D eigenvalue weighted by Crippen LogP contribution is 2.34. The van der Waals surface area contributed by atoms with E-state index in [1.807, 2.05) is 6.07 Å². The first-order valence-electron chi connectivity index (χ1n) is 12.8. The molecule has 1 aliphatic heterocycles. The fraction of sp³-hybridized carbons (Fsp3) is 0.481. The Morgan fingerprint density at radius 1 is 0.838 bits per heavy atom. The molecule has 0 aromatic heterocycles. The monoisotopic (exact) mass is 529 g/mol. The quantitative estimate of drug-likeness (QED) is 0.282. The van der Waals surface area contributed by atoms with Gasteiger partial charge >= 0.3 is 22.1 Å². The van der Waals surface area contributed by atoms with Crippen LogP contribution in [0.25, 0.3) is 0 Å². The van der Waals surface area contributed by atoms with Crippen LogP contribution in [0, 0.1) is 23.7 Å². The van der Waals surface area contributed by atoms with E-state index in [1.165, 1.54) is 0 Å². The maximum Gasteiger partial charge on any atom is 0.321 e. The van der Waals surface area contributed by atoms with Crippen LogP contribution in [0.5, 0.6) is 0 Å². The lowest BCUT2D eigenvalue weighted by Gasteiger charge is -2.20. The van der Waals surface area contributed by atoms with Gasteiger partial charge in [0.25, 0.3) is 0 Å². The summed E-state index contributed by atoms with van der Waals surface area (Å²) in [7, 11) is -3.98. The van der Waals surface area contributed by atoms with Gasteiger partial charge in [0.05, 0.1) is 23.2 Å². The van der Waals surface area contributed by atoms with Crippen molar-refractivity contribution in [2.24, 2.45) is 23.7 Å². The topological polar surface area (TPSA) is 145 Å². The number of carboxylic acid groups (broad SMARTS) is 2. The van der Waals surface area contributed by atoms with E-state index < -0.39 is 34.0 Å². The molecule has 1 heterocycles. The number of benzene rings is 2. The van der Waals surface area contributed by atoms with Crippen molar-refractivity contribution < 1.29 is 28.2 Å². The predicted molar refractivity (Wildman–Crippen MR) is 142 cm³/mol. The zero-order chi connectivity index (χ0) is 26.4. The number of hydrogen-bond acceptors (Lipinski definition) is 5. The molecular formula is C27H35N3O6S. The molecule has 0 spiro atoms. The molecule has 2 aliphatic rings. The summed E-state index contributed by atoms with van der Waals surface area (Å²) in [5, 5.41) is 22.6. The fourth-order valence-corrected chi connectivity index (χ4v) is 6.58. The lowest BCUT2D eigenvalue weighted by atomic mass is 9.85. The Balaban J connectivity index is 1.41. The number of anilines is 2. The second-order valence-electron chi connectivity index (χ2n) is 10.2. The average molecular weight is 530 g/mol. The summed E-state index contributed by atoms with van der Waals surface area (Å²) in [6.07, 6.45) is 5.41. The molecule has 1 saturated heterocycles. The Bertz CT molecular complexity index is 1120. The first kappa shape index (κ1) is 26.9. The Morgan fingerprint density at radius 3 is 1.81 bits per heavy atom. The molecule has 4 rings (SSSR count). The van der Waals surface area contributed by atoms with Crippen LogP contribution in [-0.4, -0.2) is 43.7 Å². The molecule has 200 valence electrons. The van der Waals surface area contributed by atoms with Crippen molar-refractivity contribution in [3.05, 3.63) is 59.7 Å². The summed E-state index contributed by atoms with van der Waals surface area (Å²) in [5.41, 5.74) is 2.19. The Labute approximate surface area is 217 Å². The van der Waals surface area contributed by atoms with Crippen LogP contribution in [-0.2, 0) is 32.6 Å². The second-order valence-corrected chi connectivity index (χ2v) is 11.6. The lowest BCUT2D eigenvalue weighted by molar-refractivity contribution is -0.144. The molecule has 0 bridgehead atoms. The normalized spacial score (nSPS) is 19.8. The third kappa shape index (κ3) is 7.45. The van der Waals surface area contributed by atoms with Gasteiger partial charge in [-0.1, -0.05) is 37.1 Å². The van der Waals surface area contributed by atoms with Gasteiger partial charge in [-0.3, -0.25) is 19.0 Å². The Hall–Kier alpha value is -3.11. The maximum atomic E-state index is 12.9. The van der Waals surface area contributed by atoms with Gasteiger partial charge in [0, 0.05) is 0 Å². The summed E-state index contributed by atoms with van der Waals surface area (Å²) in [6, 6.07) is 13.6. The summed E-state index contributed by atoms with van der Waals surface area (Å²) in [5.74, 6) is -2.49. The molecule has 1 saturated carbocycles. The first-order chi connectivity index (χ1) is 17.7. The van der Waals surface area contributed by atoms with Crippen LogP contribution in [0.3, 0.4) is 0 Å². The van der Waals surface area contributed by atoms with Gasteiger partial charge in [-0.15, -0.1) is 0 Å². The SMILES string of the molecule is O=C(O)[C@@H](Cc1cccc(NS(=O)(=O)Nc2cccc(C[C@H](C(=O)O)[C@H]3CCNC3)c2)c1)C1CCCC1. The number of carboxylic acids is 2. The number of rotatable bonds is 12. The highest BCUT2D eigenvalue weighted by molar-refractivity contribution is 7.94. The number of hydrogen-bond donors (Lipinski definition) is 5. The highest BCUT2D eigenvalue weighted by Gasteiger charge is 2.31. The van der Waals surface area contributed by atoms with E-state index in [9.17, 15) is 28.2 Å². The summed E-state index contributed by atoms with van der Waals surface area (Å²) in [4.78, 5) is 23.7. The smallest absolute Gasteiger partial charge is 0.321 e. The molecule has 0 amide bonds. The molecule has 2 aromatic rings. The molecule has 2 aromatic carbocycles.